The second-order valence-electron chi connectivity index (χ2n) is 6.89. The molecule has 0 saturated carbocycles. The van der Waals surface area contributed by atoms with Crippen molar-refractivity contribution in [1.29, 1.82) is 0 Å². The number of fused-ring (bicyclic) bond motifs is 1. The fraction of sp³-hybridized carbons (Fsp3) is 0.625. The van der Waals surface area contributed by atoms with Crippen LogP contribution in [0.4, 0.5) is 14.6 Å². The van der Waals surface area contributed by atoms with E-state index in [1.54, 1.807) is 4.90 Å². The molecule has 2 aromatic heterocycles. The van der Waals surface area contributed by atoms with Crippen molar-refractivity contribution in [2.24, 2.45) is 5.73 Å². The maximum Gasteiger partial charge on any atom is 0.262 e. The van der Waals surface area contributed by atoms with Gasteiger partial charge in [-0.15, -0.1) is 0 Å². The molecule has 136 valence electrons. The predicted octanol–water partition coefficient (Wildman–Crippen LogP) is 1.36. The first kappa shape index (κ1) is 16.6. The average Bonchev–Trinajstić information content (AvgIpc) is 3.25. The first-order valence-corrected chi connectivity index (χ1v) is 8.51. The van der Waals surface area contributed by atoms with E-state index in [1.807, 2.05) is 16.8 Å². The van der Waals surface area contributed by atoms with Crippen molar-refractivity contribution in [3.63, 3.8) is 0 Å². The van der Waals surface area contributed by atoms with E-state index in [9.17, 15) is 8.78 Å². The number of ether oxygens (including phenoxy) is 1. The van der Waals surface area contributed by atoms with E-state index in [2.05, 4.69) is 9.97 Å². The van der Waals surface area contributed by atoms with Crippen molar-refractivity contribution in [2.75, 3.05) is 25.4 Å². The normalized spacial score (nSPS) is 29.6. The van der Waals surface area contributed by atoms with Crippen LogP contribution in [0.2, 0.25) is 0 Å². The molecule has 7 nitrogen and oxygen atoms in total. The molecule has 4 N–H and O–H groups in total. The summed E-state index contributed by atoms with van der Waals surface area (Å²) in [6, 6.07) is 1.59. The first-order chi connectivity index (χ1) is 12.0. The Morgan fingerprint density at radius 2 is 2.16 bits per heavy atom. The minimum atomic E-state index is -2.66. The molecular weight excluding hydrogens is 330 g/mol. The molecule has 2 aliphatic heterocycles. The second kappa shape index (κ2) is 6.15. The van der Waals surface area contributed by atoms with Gasteiger partial charge in [-0.05, 0) is 18.9 Å². The fourth-order valence-corrected chi connectivity index (χ4v) is 3.92. The van der Waals surface area contributed by atoms with Crippen LogP contribution in [0.25, 0.3) is 11.0 Å². The molecule has 0 amide bonds. The van der Waals surface area contributed by atoms with Gasteiger partial charge in [-0.3, -0.25) is 4.90 Å². The second-order valence-corrected chi connectivity index (χ2v) is 6.89. The predicted molar refractivity (Wildman–Crippen MR) is 89.1 cm³/mol. The standard InChI is InChI=1S/C16H22F2N6O/c17-16(18)5-10(6-19)23(8-16)7-11-1-2-13(25-11)24-4-3-12-14(20)21-9-22-15(12)24/h3-4,9-11,13H,1-2,5-8,19H2,(H2,20,21,22). The zero-order valence-electron chi connectivity index (χ0n) is 13.8. The monoisotopic (exact) mass is 352 g/mol. The Balaban J connectivity index is 1.45. The van der Waals surface area contributed by atoms with E-state index in [0.29, 0.717) is 12.4 Å². The molecule has 0 aliphatic carbocycles. The van der Waals surface area contributed by atoms with Gasteiger partial charge in [0.1, 0.15) is 24.0 Å². The number of nitrogens with two attached hydrogens (primary N) is 2. The maximum absolute atomic E-state index is 13.6. The average molecular weight is 352 g/mol. The third kappa shape index (κ3) is 3.07. The summed E-state index contributed by atoms with van der Waals surface area (Å²) in [7, 11) is 0. The van der Waals surface area contributed by atoms with Gasteiger partial charge in [-0.25, -0.2) is 18.7 Å². The molecule has 0 aromatic carbocycles. The van der Waals surface area contributed by atoms with Gasteiger partial charge >= 0.3 is 0 Å². The lowest BCUT2D eigenvalue weighted by Crippen LogP contribution is -2.40. The highest BCUT2D eigenvalue weighted by molar-refractivity contribution is 5.86. The number of rotatable bonds is 4. The van der Waals surface area contributed by atoms with Gasteiger partial charge in [0.2, 0.25) is 0 Å². The highest BCUT2D eigenvalue weighted by atomic mass is 19.3. The van der Waals surface area contributed by atoms with Crippen molar-refractivity contribution < 1.29 is 13.5 Å². The highest BCUT2D eigenvalue weighted by Crippen LogP contribution is 2.35. The largest absolute Gasteiger partial charge is 0.383 e. The number of anilines is 1. The molecule has 9 heteroatoms. The quantitative estimate of drug-likeness (QED) is 0.863. The van der Waals surface area contributed by atoms with Crippen molar-refractivity contribution in [2.45, 2.75) is 43.6 Å². The Morgan fingerprint density at radius 3 is 2.96 bits per heavy atom. The minimum absolute atomic E-state index is 0.0930. The highest BCUT2D eigenvalue weighted by Gasteiger charge is 2.45. The third-order valence-corrected chi connectivity index (χ3v) is 5.13. The van der Waals surface area contributed by atoms with Crippen LogP contribution < -0.4 is 11.5 Å². The van der Waals surface area contributed by atoms with Gasteiger partial charge in [0, 0.05) is 31.7 Å². The lowest BCUT2D eigenvalue weighted by molar-refractivity contribution is -0.0219. The van der Waals surface area contributed by atoms with E-state index in [-0.39, 0.29) is 37.9 Å². The van der Waals surface area contributed by atoms with Gasteiger partial charge in [0.05, 0.1) is 18.0 Å². The summed E-state index contributed by atoms with van der Waals surface area (Å²) in [4.78, 5) is 10.0. The van der Waals surface area contributed by atoms with Crippen LogP contribution in [0.15, 0.2) is 18.6 Å². The molecule has 25 heavy (non-hydrogen) atoms. The molecule has 0 spiro atoms. The summed E-state index contributed by atoms with van der Waals surface area (Å²) in [6.07, 6.45) is 4.49. The molecule has 2 aromatic rings. The third-order valence-electron chi connectivity index (χ3n) is 5.13. The number of halogens is 2. The topological polar surface area (TPSA) is 95.2 Å². The lowest BCUT2D eigenvalue weighted by Gasteiger charge is -2.25. The lowest BCUT2D eigenvalue weighted by atomic mass is 10.2. The van der Waals surface area contributed by atoms with Crippen LogP contribution in [0.1, 0.15) is 25.5 Å². The van der Waals surface area contributed by atoms with E-state index < -0.39 is 5.92 Å². The summed E-state index contributed by atoms with van der Waals surface area (Å²) in [5.74, 6) is -2.23. The summed E-state index contributed by atoms with van der Waals surface area (Å²) in [5.41, 5.74) is 12.2. The van der Waals surface area contributed by atoms with Crippen molar-refractivity contribution in [3.05, 3.63) is 18.6 Å². The van der Waals surface area contributed by atoms with Crippen LogP contribution in [0.5, 0.6) is 0 Å². The number of aromatic nitrogens is 3. The number of nitrogens with zero attached hydrogens (tertiary/aromatic N) is 4. The van der Waals surface area contributed by atoms with Gasteiger partial charge in [-0.1, -0.05) is 0 Å². The van der Waals surface area contributed by atoms with E-state index in [4.69, 9.17) is 16.2 Å². The zero-order valence-corrected chi connectivity index (χ0v) is 13.8. The van der Waals surface area contributed by atoms with Gasteiger partial charge < -0.3 is 20.8 Å². The Morgan fingerprint density at radius 1 is 1.32 bits per heavy atom. The SMILES string of the molecule is NCC1CC(F)(F)CN1CC1CCC(n2ccc3c(N)ncnc32)O1. The van der Waals surface area contributed by atoms with Crippen molar-refractivity contribution >= 4 is 16.9 Å². The smallest absolute Gasteiger partial charge is 0.262 e. The van der Waals surface area contributed by atoms with Gasteiger partial charge in [0.25, 0.3) is 5.92 Å². The van der Waals surface area contributed by atoms with Gasteiger partial charge in [-0.2, -0.15) is 0 Å². The Kier molecular flexibility index (Phi) is 4.09. The Labute approximate surface area is 143 Å². The molecule has 4 heterocycles. The number of nitrogen functional groups attached to an aromatic ring is 1. The van der Waals surface area contributed by atoms with Crippen LogP contribution in [0.3, 0.4) is 0 Å². The minimum Gasteiger partial charge on any atom is -0.383 e. The summed E-state index contributed by atoms with van der Waals surface area (Å²) < 4.78 is 35.3. The molecular formula is C16H22F2N6O. The van der Waals surface area contributed by atoms with Crippen LogP contribution >= 0.6 is 0 Å². The number of likely N-dealkylation sites (tertiary alicyclic amines) is 1. The molecule has 3 unspecified atom stereocenters. The Bertz CT molecular complexity index is 766. The molecule has 0 bridgehead atoms. The van der Waals surface area contributed by atoms with E-state index >= 15 is 0 Å². The van der Waals surface area contributed by atoms with Crippen molar-refractivity contribution in [1.82, 2.24) is 19.4 Å². The van der Waals surface area contributed by atoms with Crippen LogP contribution in [-0.4, -0.2) is 57.1 Å². The molecule has 2 fully saturated rings. The van der Waals surface area contributed by atoms with Crippen LogP contribution in [0, 0.1) is 0 Å². The summed E-state index contributed by atoms with van der Waals surface area (Å²) >= 11 is 0. The van der Waals surface area contributed by atoms with Gasteiger partial charge in [0.15, 0.2) is 0 Å². The first-order valence-electron chi connectivity index (χ1n) is 8.51. The maximum atomic E-state index is 13.6. The van der Waals surface area contributed by atoms with E-state index in [0.717, 1.165) is 23.9 Å². The fourth-order valence-electron chi connectivity index (χ4n) is 3.92. The molecule has 2 saturated heterocycles. The number of alkyl halides is 2. The van der Waals surface area contributed by atoms with Crippen molar-refractivity contribution in [3.8, 4) is 0 Å². The number of hydrogen-bond donors (Lipinski definition) is 2. The molecule has 3 atom stereocenters. The molecule has 0 radical (unpaired) electrons. The molecule has 4 rings (SSSR count). The van der Waals surface area contributed by atoms with Crippen LogP contribution in [-0.2, 0) is 4.74 Å². The summed E-state index contributed by atoms with van der Waals surface area (Å²) in [6.45, 7) is 0.476. The number of hydrogen-bond acceptors (Lipinski definition) is 6. The molecule has 2 aliphatic rings. The summed E-state index contributed by atoms with van der Waals surface area (Å²) in [5, 5.41) is 0.789. The Hall–Kier alpha value is -1.84. The zero-order chi connectivity index (χ0) is 17.6. The van der Waals surface area contributed by atoms with E-state index in [1.165, 1.54) is 6.33 Å².